The van der Waals surface area contributed by atoms with Gasteiger partial charge in [-0.15, -0.1) is 0 Å². The molecule has 0 radical (unpaired) electrons. The van der Waals surface area contributed by atoms with Crippen LogP contribution in [0.4, 0.5) is 9.18 Å². The minimum atomic E-state index is -0.478. The number of carbonyl (C=O) groups excluding carboxylic acids is 2. The number of thioether (sulfide) groups is 1. The first-order valence-electron chi connectivity index (χ1n) is 4.16. The molecule has 1 fully saturated rings. The molecule has 0 saturated carbocycles. The van der Waals surface area contributed by atoms with Gasteiger partial charge in [0.2, 0.25) is 0 Å². The number of rotatable bonds is 1. The first kappa shape index (κ1) is 9.92. The number of benzene rings is 1. The third kappa shape index (κ3) is 2.07. The van der Waals surface area contributed by atoms with Crippen LogP contribution in [0.25, 0.3) is 6.08 Å². The Hall–Kier alpha value is -1.62. The number of nitrogens with one attached hydrogen (secondary N) is 1. The Labute approximate surface area is 89.4 Å². The molecule has 1 saturated heterocycles. The number of imide groups is 1. The van der Waals surface area contributed by atoms with Gasteiger partial charge in [0.1, 0.15) is 5.82 Å². The zero-order valence-electron chi connectivity index (χ0n) is 7.49. The molecular weight excluding hydrogens is 217 g/mol. The van der Waals surface area contributed by atoms with Crippen molar-refractivity contribution in [2.24, 2.45) is 0 Å². The summed E-state index contributed by atoms with van der Waals surface area (Å²) in [6, 6.07) is 6.06. The van der Waals surface area contributed by atoms with Crippen molar-refractivity contribution >= 4 is 29.0 Å². The average Bonchev–Trinajstić information content (AvgIpc) is 2.49. The smallest absolute Gasteiger partial charge is 0.282 e. The molecule has 0 atom stereocenters. The molecular formula is C10H6FNO2S. The van der Waals surface area contributed by atoms with Crippen LogP contribution in [0.5, 0.6) is 0 Å². The van der Waals surface area contributed by atoms with E-state index < -0.39 is 17.0 Å². The summed E-state index contributed by atoms with van der Waals surface area (Å²) in [5.74, 6) is -0.897. The topological polar surface area (TPSA) is 46.2 Å². The lowest BCUT2D eigenvalue weighted by Gasteiger charge is -1.95. The summed E-state index contributed by atoms with van der Waals surface area (Å²) < 4.78 is 13.2. The van der Waals surface area contributed by atoms with Crippen molar-refractivity contribution in [2.75, 3.05) is 0 Å². The highest BCUT2D eigenvalue weighted by atomic mass is 32.2. The minimum absolute atomic E-state index is 0.213. The van der Waals surface area contributed by atoms with Gasteiger partial charge < -0.3 is 0 Å². The molecule has 15 heavy (non-hydrogen) atoms. The molecule has 0 spiro atoms. The lowest BCUT2D eigenvalue weighted by atomic mass is 10.2. The fourth-order valence-corrected chi connectivity index (χ4v) is 1.83. The van der Waals surface area contributed by atoms with E-state index in [2.05, 4.69) is 5.32 Å². The van der Waals surface area contributed by atoms with Crippen molar-refractivity contribution < 1.29 is 14.0 Å². The maximum absolute atomic E-state index is 13.2. The molecule has 2 rings (SSSR count). The summed E-state index contributed by atoms with van der Waals surface area (Å²) in [5.41, 5.74) is 0.296. The lowest BCUT2D eigenvalue weighted by Crippen LogP contribution is -2.17. The fraction of sp³-hybridized carbons (Fsp3) is 0. The molecule has 0 unspecified atom stereocenters. The summed E-state index contributed by atoms with van der Waals surface area (Å²) in [6.07, 6.45) is 1.36. The van der Waals surface area contributed by atoms with Gasteiger partial charge in [0.05, 0.1) is 4.91 Å². The van der Waals surface area contributed by atoms with E-state index in [4.69, 9.17) is 0 Å². The number of hydrogen-bond acceptors (Lipinski definition) is 3. The van der Waals surface area contributed by atoms with Crippen molar-refractivity contribution in [2.45, 2.75) is 0 Å². The predicted molar refractivity (Wildman–Crippen MR) is 55.5 cm³/mol. The molecule has 76 valence electrons. The van der Waals surface area contributed by atoms with Crippen LogP contribution in [-0.4, -0.2) is 11.1 Å². The molecule has 1 aromatic carbocycles. The van der Waals surface area contributed by atoms with E-state index >= 15 is 0 Å². The molecule has 1 aliphatic rings. The Morgan fingerprint density at radius 3 is 2.60 bits per heavy atom. The Bertz CT molecular complexity index is 470. The molecule has 1 aliphatic heterocycles. The van der Waals surface area contributed by atoms with Crippen molar-refractivity contribution in [3.63, 3.8) is 0 Å². The fourth-order valence-electron chi connectivity index (χ4n) is 1.15. The molecule has 3 nitrogen and oxygen atoms in total. The van der Waals surface area contributed by atoms with E-state index in [0.29, 0.717) is 5.56 Å². The van der Waals surface area contributed by atoms with E-state index in [1.807, 2.05) is 0 Å². The van der Waals surface area contributed by atoms with E-state index in [9.17, 15) is 14.0 Å². The van der Waals surface area contributed by atoms with Gasteiger partial charge in [-0.25, -0.2) is 4.39 Å². The maximum Gasteiger partial charge on any atom is 0.290 e. The number of amides is 2. The normalized spacial score (nSPS) is 18.3. The van der Waals surface area contributed by atoms with Gasteiger partial charge >= 0.3 is 0 Å². The Morgan fingerprint density at radius 2 is 2.00 bits per heavy atom. The standard InChI is InChI=1S/C10H6FNO2S/c11-7-4-2-1-3-6(7)5-8-9(13)12-10(14)15-8/h1-5H,(H,12,13,14)/b8-5+. The largest absolute Gasteiger partial charge is 0.290 e. The van der Waals surface area contributed by atoms with Crippen molar-refractivity contribution in [3.05, 3.63) is 40.6 Å². The lowest BCUT2D eigenvalue weighted by molar-refractivity contribution is -0.115. The molecule has 1 aromatic rings. The highest BCUT2D eigenvalue weighted by Crippen LogP contribution is 2.26. The SMILES string of the molecule is O=C1NC(=O)/C(=C\c2ccccc2F)S1. The summed E-state index contributed by atoms with van der Waals surface area (Å²) >= 11 is 0.772. The van der Waals surface area contributed by atoms with Crippen LogP contribution in [-0.2, 0) is 4.79 Å². The Kier molecular flexibility index (Phi) is 2.55. The molecule has 0 bridgehead atoms. The first-order chi connectivity index (χ1) is 7.16. The van der Waals surface area contributed by atoms with Gasteiger partial charge in [-0.1, -0.05) is 18.2 Å². The van der Waals surface area contributed by atoms with Crippen molar-refractivity contribution in [1.82, 2.24) is 5.32 Å². The van der Waals surface area contributed by atoms with Crippen LogP contribution in [0.1, 0.15) is 5.56 Å². The second-order valence-electron chi connectivity index (χ2n) is 2.87. The van der Waals surface area contributed by atoms with Gasteiger partial charge in [-0.2, -0.15) is 0 Å². The second kappa shape index (κ2) is 3.86. The molecule has 1 N–H and O–H groups in total. The second-order valence-corrected chi connectivity index (χ2v) is 3.89. The Balaban J connectivity index is 2.35. The monoisotopic (exact) mass is 223 g/mol. The summed E-state index contributed by atoms with van der Waals surface area (Å²) in [5, 5.41) is 1.67. The van der Waals surface area contributed by atoms with Crippen molar-refractivity contribution in [1.29, 1.82) is 0 Å². The average molecular weight is 223 g/mol. The maximum atomic E-state index is 13.2. The van der Waals surface area contributed by atoms with E-state index in [-0.39, 0.29) is 4.91 Å². The van der Waals surface area contributed by atoms with E-state index in [1.165, 1.54) is 12.1 Å². The molecule has 1 heterocycles. The zero-order chi connectivity index (χ0) is 10.8. The predicted octanol–water partition coefficient (Wildman–Crippen LogP) is 2.15. The summed E-state index contributed by atoms with van der Waals surface area (Å²) in [6.45, 7) is 0. The van der Waals surface area contributed by atoms with Gasteiger partial charge in [-0.05, 0) is 23.9 Å². The van der Waals surface area contributed by atoms with Crippen LogP contribution in [0.15, 0.2) is 29.2 Å². The highest BCUT2D eigenvalue weighted by Gasteiger charge is 2.25. The first-order valence-corrected chi connectivity index (χ1v) is 4.98. The third-order valence-electron chi connectivity index (χ3n) is 1.83. The number of carbonyl (C=O) groups is 2. The summed E-state index contributed by atoms with van der Waals surface area (Å²) in [4.78, 5) is 22.2. The number of halogens is 1. The molecule has 2 amide bonds. The van der Waals surface area contributed by atoms with Crippen molar-refractivity contribution in [3.8, 4) is 0 Å². The molecule has 0 aromatic heterocycles. The van der Waals surface area contributed by atoms with Gasteiger partial charge in [-0.3, -0.25) is 14.9 Å². The number of hydrogen-bond donors (Lipinski definition) is 1. The minimum Gasteiger partial charge on any atom is -0.282 e. The summed E-state index contributed by atoms with van der Waals surface area (Å²) in [7, 11) is 0. The van der Waals surface area contributed by atoms with Crippen LogP contribution >= 0.6 is 11.8 Å². The van der Waals surface area contributed by atoms with Gasteiger partial charge in [0, 0.05) is 5.56 Å². The molecule has 0 aliphatic carbocycles. The van der Waals surface area contributed by atoms with Gasteiger partial charge in [0.15, 0.2) is 0 Å². The van der Waals surface area contributed by atoms with E-state index in [0.717, 1.165) is 11.8 Å². The zero-order valence-corrected chi connectivity index (χ0v) is 8.31. The Morgan fingerprint density at radius 1 is 1.27 bits per heavy atom. The van der Waals surface area contributed by atoms with Gasteiger partial charge in [0.25, 0.3) is 11.1 Å². The van der Waals surface area contributed by atoms with Crippen LogP contribution in [0.3, 0.4) is 0 Å². The quantitative estimate of drug-likeness (QED) is 0.742. The third-order valence-corrected chi connectivity index (χ3v) is 2.64. The van der Waals surface area contributed by atoms with Crippen LogP contribution in [0.2, 0.25) is 0 Å². The van der Waals surface area contributed by atoms with Crippen LogP contribution < -0.4 is 5.32 Å². The molecule has 5 heteroatoms. The highest BCUT2D eigenvalue weighted by molar-refractivity contribution is 8.18. The van der Waals surface area contributed by atoms with E-state index in [1.54, 1.807) is 18.2 Å². The van der Waals surface area contributed by atoms with Crippen LogP contribution in [0, 0.1) is 5.82 Å².